The number of hydrogen-bond acceptors (Lipinski definition) is 3. The van der Waals surface area contributed by atoms with E-state index in [0.29, 0.717) is 6.42 Å². The van der Waals surface area contributed by atoms with Crippen LogP contribution in [0, 0.1) is 5.92 Å². The van der Waals surface area contributed by atoms with Gasteiger partial charge in [0, 0.05) is 19.1 Å². The Morgan fingerprint density at radius 1 is 1.33 bits per heavy atom. The third-order valence-corrected chi connectivity index (χ3v) is 5.66. The van der Waals surface area contributed by atoms with Crippen LogP contribution in [0.5, 0.6) is 0 Å². The van der Waals surface area contributed by atoms with Crippen molar-refractivity contribution in [3.8, 4) is 0 Å². The zero-order valence-electron chi connectivity index (χ0n) is 11.5. The van der Waals surface area contributed by atoms with E-state index in [1.807, 2.05) is 0 Å². The van der Waals surface area contributed by atoms with Gasteiger partial charge in [-0.1, -0.05) is 12.1 Å². The Morgan fingerprint density at radius 2 is 1.95 bits per heavy atom. The summed E-state index contributed by atoms with van der Waals surface area (Å²) in [5.74, 6) is -0.0298. The third-order valence-electron chi connectivity index (χ3n) is 3.74. The van der Waals surface area contributed by atoms with E-state index in [1.54, 1.807) is 6.92 Å². The molecule has 1 saturated heterocycles. The van der Waals surface area contributed by atoms with E-state index < -0.39 is 26.7 Å². The highest BCUT2D eigenvalue weighted by atomic mass is 32.2. The first-order valence-electron chi connectivity index (χ1n) is 6.56. The minimum Gasteiger partial charge on any atom is -0.328 e. The summed E-state index contributed by atoms with van der Waals surface area (Å²) in [6, 6.07) is 4.06. The van der Waals surface area contributed by atoms with Crippen LogP contribution in [-0.2, 0) is 16.2 Å². The molecule has 0 amide bonds. The summed E-state index contributed by atoms with van der Waals surface area (Å²) in [6.07, 6.45) is -4.14. The molecule has 0 radical (unpaired) electrons. The van der Waals surface area contributed by atoms with Gasteiger partial charge in [0.15, 0.2) is 0 Å². The Hall–Kier alpha value is -1.12. The molecule has 2 N–H and O–H groups in total. The Balaban J connectivity index is 2.38. The van der Waals surface area contributed by atoms with Gasteiger partial charge in [0.25, 0.3) is 0 Å². The molecule has 4 nitrogen and oxygen atoms in total. The molecule has 21 heavy (non-hydrogen) atoms. The van der Waals surface area contributed by atoms with Crippen molar-refractivity contribution in [1.29, 1.82) is 0 Å². The number of nitrogens with two attached hydrogens (primary N) is 1. The van der Waals surface area contributed by atoms with E-state index in [1.165, 1.54) is 12.1 Å². The molecule has 0 spiro atoms. The normalized spacial score (nSPS) is 22.4. The lowest BCUT2D eigenvalue weighted by Crippen LogP contribution is -2.33. The van der Waals surface area contributed by atoms with Crippen LogP contribution < -0.4 is 5.73 Å². The maximum Gasteiger partial charge on any atom is 0.417 e. The van der Waals surface area contributed by atoms with E-state index in [-0.39, 0.29) is 25.0 Å². The van der Waals surface area contributed by atoms with Crippen LogP contribution in [0.4, 0.5) is 13.2 Å². The van der Waals surface area contributed by atoms with E-state index in [9.17, 15) is 21.6 Å². The molecule has 2 rings (SSSR count). The van der Waals surface area contributed by atoms with Crippen molar-refractivity contribution < 1.29 is 21.6 Å². The van der Waals surface area contributed by atoms with Crippen molar-refractivity contribution in [3.63, 3.8) is 0 Å². The number of sulfonamides is 1. The molecule has 8 heteroatoms. The molecule has 1 aliphatic heterocycles. The Labute approximate surface area is 121 Å². The molecule has 2 atom stereocenters. The van der Waals surface area contributed by atoms with Crippen molar-refractivity contribution in [2.45, 2.75) is 30.5 Å². The van der Waals surface area contributed by atoms with Crippen LogP contribution in [0.3, 0.4) is 0 Å². The van der Waals surface area contributed by atoms with Gasteiger partial charge in [-0.15, -0.1) is 0 Å². The lowest BCUT2D eigenvalue weighted by molar-refractivity contribution is -0.139. The average Bonchev–Trinajstić information content (AvgIpc) is 2.88. The molecule has 0 aromatic heterocycles. The number of alkyl halides is 3. The van der Waals surface area contributed by atoms with Crippen LogP contribution in [0.15, 0.2) is 29.2 Å². The van der Waals surface area contributed by atoms with Crippen LogP contribution in [0.2, 0.25) is 0 Å². The number of nitrogens with zero attached hydrogens (tertiary/aromatic N) is 1. The average molecular weight is 322 g/mol. The second-order valence-electron chi connectivity index (χ2n) is 5.26. The molecule has 1 aromatic rings. The van der Waals surface area contributed by atoms with Gasteiger partial charge in [0.05, 0.1) is 10.5 Å². The fourth-order valence-corrected chi connectivity index (χ4v) is 4.19. The highest BCUT2D eigenvalue weighted by molar-refractivity contribution is 7.89. The van der Waals surface area contributed by atoms with E-state index in [0.717, 1.165) is 16.4 Å². The van der Waals surface area contributed by atoms with Crippen molar-refractivity contribution in [2.24, 2.45) is 11.7 Å². The minimum absolute atomic E-state index is 0.0298. The lowest BCUT2D eigenvalue weighted by atomic mass is 10.0. The molecule has 1 fully saturated rings. The Morgan fingerprint density at radius 3 is 2.48 bits per heavy atom. The van der Waals surface area contributed by atoms with Gasteiger partial charge >= 0.3 is 6.18 Å². The van der Waals surface area contributed by atoms with Gasteiger partial charge in [-0.05, 0) is 31.4 Å². The summed E-state index contributed by atoms with van der Waals surface area (Å²) in [5, 5.41) is 0. The number of rotatable bonds is 3. The number of benzene rings is 1. The maximum atomic E-state index is 13.0. The third kappa shape index (κ3) is 3.22. The highest BCUT2D eigenvalue weighted by Gasteiger charge is 2.41. The SMILES string of the molecule is CC(N)C1CCN(S(=O)(=O)c2ccccc2C(F)(F)F)C1. The Kier molecular flexibility index (Phi) is 4.32. The summed E-state index contributed by atoms with van der Waals surface area (Å²) >= 11 is 0. The fraction of sp³-hybridized carbons (Fsp3) is 0.538. The van der Waals surface area contributed by atoms with Crippen molar-refractivity contribution in [2.75, 3.05) is 13.1 Å². The van der Waals surface area contributed by atoms with Crippen LogP contribution in [-0.4, -0.2) is 31.9 Å². The lowest BCUT2D eigenvalue weighted by Gasteiger charge is -2.20. The van der Waals surface area contributed by atoms with Crippen molar-refractivity contribution in [3.05, 3.63) is 29.8 Å². The summed E-state index contributed by atoms with van der Waals surface area (Å²) < 4.78 is 64.9. The van der Waals surface area contributed by atoms with Gasteiger partial charge in [-0.2, -0.15) is 17.5 Å². The van der Waals surface area contributed by atoms with E-state index in [4.69, 9.17) is 5.73 Å². The molecule has 0 saturated carbocycles. The van der Waals surface area contributed by atoms with Crippen molar-refractivity contribution in [1.82, 2.24) is 4.31 Å². The summed E-state index contributed by atoms with van der Waals surface area (Å²) in [7, 11) is -4.16. The molecular formula is C13H17F3N2O2S. The predicted octanol–water partition coefficient (Wildman–Crippen LogP) is 2.06. The molecule has 2 unspecified atom stereocenters. The molecular weight excluding hydrogens is 305 g/mol. The van der Waals surface area contributed by atoms with Crippen LogP contribution in [0.25, 0.3) is 0 Å². The first-order chi connectivity index (χ1) is 9.64. The van der Waals surface area contributed by atoms with Gasteiger partial charge in [0.2, 0.25) is 10.0 Å². The monoisotopic (exact) mass is 322 g/mol. The second kappa shape index (κ2) is 5.58. The first kappa shape index (κ1) is 16.3. The van der Waals surface area contributed by atoms with Crippen LogP contribution in [0.1, 0.15) is 18.9 Å². The molecule has 1 aromatic carbocycles. The van der Waals surface area contributed by atoms with Crippen molar-refractivity contribution >= 4 is 10.0 Å². The molecule has 1 aliphatic rings. The minimum atomic E-state index is -4.70. The van der Waals surface area contributed by atoms with Gasteiger partial charge in [-0.3, -0.25) is 0 Å². The predicted molar refractivity (Wildman–Crippen MR) is 72.0 cm³/mol. The summed E-state index contributed by atoms with van der Waals surface area (Å²) in [4.78, 5) is -0.692. The smallest absolute Gasteiger partial charge is 0.328 e. The maximum absolute atomic E-state index is 13.0. The van der Waals surface area contributed by atoms with Gasteiger partial charge in [-0.25, -0.2) is 8.42 Å². The second-order valence-corrected chi connectivity index (χ2v) is 7.17. The fourth-order valence-electron chi connectivity index (χ4n) is 2.47. The zero-order valence-corrected chi connectivity index (χ0v) is 12.3. The zero-order chi connectivity index (χ0) is 15.8. The highest BCUT2D eigenvalue weighted by Crippen LogP contribution is 2.36. The summed E-state index contributed by atoms with van der Waals surface area (Å²) in [5.41, 5.74) is 4.61. The van der Waals surface area contributed by atoms with Gasteiger partial charge in [0.1, 0.15) is 0 Å². The molecule has 0 aliphatic carbocycles. The number of halogens is 3. The topological polar surface area (TPSA) is 63.4 Å². The first-order valence-corrected chi connectivity index (χ1v) is 8.00. The Bertz CT molecular complexity index is 614. The number of hydrogen-bond donors (Lipinski definition) is 1. The molecule has 1 heterocycles. The largest absolute Gasteiger partial charge is 0.417 e. The quantitative estimate of drug-likeness (QED) is 0.926. The van der Waals surface area contributed by atoms with Gasteiger partial charge < -0.3 is 5.73 Å². The summed E-state index contributed by atoms with van der Waals surface area (Å²) in [6.45, 7) is 2.12. The van der Waals surface area contributed by atoms with E-state index in [2.05, 4.69) is 0 Å². The molecule has 118 valence electrons. The van der Waals surface area contributed by atoms with Crippen LogP contribution >= 0.6 is 0 Å². The van der Waals surface area contributed by atoms with E-state index >= 15 is 0 Å². The molecule has 0 bridgehead atoms. The standard InChI is InChI=1S/C13H17F3N2O2S/c1-9(17)10-6-7-18(8-10)21(19,20)12-5-3-2-4-11(12)13(14,15)16/h2-5,9-10H,6-8,17H2,1H3.